The number of halogens is 1. The van der Waals surface area contributed by atoms with Crippen molar-refractivity contribution in [1.82, 2.24) is 20.4 Å². The zero-order chi connectivity index (χ0) is 18.6. The fourth-order valence-corrected chi connectivity index (χ4v) is 3.61. The summed E-state index contributed by atoms with van der Waals surface area (Å²) in [6, 6.07) is 7.24. The van der Waals surface area contributed by atoms with Crippen LogP contribution in [0.15, 0.2) is 29.1 Å². The number of rotatable bonds is 6. The molecule has 1 amide bonds. The molecular weight excluding hydrogens is 368 g/mol. The van der Waals surface area contributed by atoms with E-state index in [4.69, 9.17) is 4.74 Å². The minimum absolute atomic E-state index is 0. The molecule has 8 heteroatoms. The molecule has 1 fully saturated rings. The third-order valence-electron chi connectivity index (χ3n) is 5.12. The van der Waals surface area contributed by atoms with Crippen molar-refractivity contribution < 1.29 is 9.53 Å². The molecule has 0 bridgehead atoms. The van der Waals surface area contributed by atoms with E-state index in [9.17, 15) is 9.59 Å². The van der Waals surface area contributed by atoms with Gasteiger partial charge in [-0.2, -0.15) is 5.10 Å². The largest absolute Gasteiger partial charge is 0.384 e. The van der Waals surface area contributed by atoms with Gasteiger partial charge in [0.2, 0.25) is 5.43 Å². The highest BCUT2D eigenvalue weighted by Crippen LogP contribution is 2.28. The topological polar surface area (TPSA) is 85.2 Å². The molecule has 0 aliphatic carbocycles. The van der Waals surface area contributed by atoms with Gasteiger partial charge >= 0.3 is 0 Å². The number of nitrogens with zero attached hydrogens (tertiary/aromatic N) is 2. The van der Waals surface area contributed by atoms with Gasteiger partial charge in [-0.1, -0.05) is 12.1 Å². The molecule has 0 spiro atoms. The van der Waals surface area contributed by atoms with Crippen LogP contribution in [-0.4, -0.2) is 49.0 Å². The zero-order valence-corrected chi connectivity index (χ0v) is 16.6. The standard InChI is InChI=1S/C19H26N4O3.ClH/c1-3-23-15-7-5-4-6-14(15)17(24)16(22-23)18(25)21-12-19(13-26-2)8-10-20-11-9-19;/h4-7,20H,3,8-13H2,1-2H3,(H,21,25);1H. The molecule has 2 heterocycles. The molecule has 0 saturated carbocycles. The number of hydrogen-bond donors (Lipinski definition) is 2. The Morgan fingerprint density at radius 3 is 2.70 bits per heavy atom. The van der Waals surface area contributed by atoms with E-state index in [0.29, 0.717) is 25.1 Å². The number of piperidine rings is 1. The van der Waals surface area contributed by atoms with Crippen molar-refractivity contribution >= 4 is 29.2 Å². The van der Waals surface area contributed by atoms with E-state index < -0.39 is 5.91 Å². The highest BCUT2D eigenvalue weighted by Gasteiger charge is 2.33. The summed E-state index contributed by atoms with van der Waals surface area (Å²) in [6.45, 7) is 5.38. The first-order chi connectivity index (χ1) is 12.6. The number of nitrogens with one attached hydrogen (secondary N) is 2. The lowest BCUT2D eigenvalue weighted by Gasteiger charge is -2.37. The van der Waals surface area contributed by atoms with Crippen molar-refractivity contribution in [2.45, 2.75) is 26.3 Å². The summed E-state index contributed by atoms with van der Waals surface area (Å²) in [5, 5.41) is 11.1. The van der Waals surface area contributed by atoms with Gasteiger partial charge in [0.15, 0.2) is 5.69 Å². The fraction of sp³-hybridized carbons (Fsp3) is 0.526. The maximum Gasteiger partial charge on any atom is 0.275 e. The summed E-state index contributed by atoms with van der Waals surface area (Å²) in [5.74, 6) is -0.419. The molecule has 1 aliphatic rings. The molecule has 2 N–H and O–H groups in total. The van der Waals surface area contributed by atoms with Crippen molar-refractivity contribution in [1.29, 1.82) is 0 Å². The Morgan fingerprint density at radius 2 is 2.04 bits per heavy atom. The van der Waals surface area contributed by atoms with Crippen molar-refractivity contribution in [3.05, 3.63) is 40.2 Å². The molecule has 1 saturated heterocycles. The Balaban J connectivity index is 0.00000261. The Labute approximate surface area is 164 Å². The van der Waals surface area contributed by atoms with Crippen molar-refractivity contribution in [3.8, 4) is 0 Å². The first-order valence-corrected chi connectivity index (χ1v) is 9.08. The number of methoxy groups -OCH3 is 1. The monoisotopic (exact) mass is 394 g/mol. The number of carbonyl (C=O) groups is 1. The van der Waals surface area contributed by atoms with Crippen LogP contribution >= 0.6 is 12.4 Å². The number of ether oxygens (including phenoxy) is 1. The lowest BCUT2D eigenvalue weighted by Crippen LogP contribution is -2.47. The SMILES string of the molecule is CCn1nc(C(=O)NCC2(COC)CCNCC2)c(=O)c2ccccc21.Cl. The minimum Gasteiger partial charge on any atom is -0.384 e. The van der Waals surface area contributed by atoms with Crippen LogP contribution in [0.25, 0.3) is 10.9 Å². The second kappa shape index (κ2) is 9.30. The summed E-state index contributed by atoms with van der Waals surface area (Å²) < 4.78 is 7.08. The first kappa shape index (κ1) is 21.3. The van der Waals surface area contributed by atoms with Gasteiger partial charge in [-0.05, 0) is 45.0 Å². The van der Waals surface area contributed by atoms with Gasteiger partial charge in [-0.3, -0.25) is 14.3 Å². The van der Waals surface area contributed by atoms with Gasteiger partial charge in [0.25, 0.3) is 5.91 Å². The second-order valence-corrected chi connectivity index (χ2v) is 6.88. The Hall–Kier alpha value is -1.96. The molecule has 7 nitrogen and oxygen atoms in total. The molecule has 0 atom stereocenters. The normalized spacial score (nSPS) is 15.9. The lowest BCUT2D eigenvalue weighted by molar-refractivity contribution is 0.0510. The Bertz CT molecular complexity index is 841. The number of para-hydroxylation sites is 1. The van der Waals surface area contributed by atoms with E-state index in [0.717, 1.165) is 31.4 Å². The van der Waals surface area contributed by atoms with Gasteiger partial charge in [-0.15, -0.1) is 12.4 Å². The quantitative estimate of drug-likeness (QED) is 0.777. The average molecular weight is 395 g/mol. The number of aromatic nitrogens is 2. The number of fused-ring (bicyclic) bond motifs is 1. The maximum absolute atomic E-state index is 12.7. The van der Waals surface area contributed by atoms with Gasteiger partial charge in [-0.25, -0.2) is 0 Å². The molecule has 148 valence electrons. The van der Waals surface area contributed by atoms with E-state index in [1.165, 1.54) is 0 Å². The van der Waals surface area contributed by atoms with Gasteiger partial charge in [0.1, 0.15) is 0 Å². The molecule has 2 aromatic rings. The van der Waals surface area contributed by atoms with Crippen molar-refractivity contribution in [3.63, 3.8) is 0 Å². The van der Waals surface area contributed by atoms with Crippen LogP contribution in [0.4, 0.5) is 0 Å². The van der Waals surface area contributed by atoms with Crippen molar-refractivity contribution in [2.75, 3.05) is 33.4 Å². The molecule has 1 aromatic heterocycles. The molecule has 1 aliphatic heterocycles. The van der Waals surface area contributed by atoms with Crippen LogP contribution in [0.2, 0.25) is 0 Å². The van der Waals surface area contributed by atoms with Crippen molar-refractivity contribution in [2.24, 2.45) is 5.41 Å². The molecule has 1 aromatic carbocycles. The van der Waals surface area contributed by atoms with Crippen LogP contribution in [0.1, 0.15) is 30.3 Å². The third kappa shape index (κ3) is 4.48. The molecule has 27 heavy (non-hydrogen) atoms. The van der Waals surface area contributed by atoms with E-state index in [2.05, 4.69) is 15.7 Å². The second-order valence-electron chi connectivity index (χ2n) is 6.88. The fourth-order valence-electron chi connectivity index (χ4n) is 3.61. The average Bonchev–Trinajstić information content (AvgIpc) is 2.68. The third-order valence-corrected chi connectivity index (χ3v) is 5.12. The number of hydrogen-bond acceptors (Lipinski definition) is 5. The molecule has 0 unspecified atom stereocenters. The number of benzene rings is 1. The summed E-state index contributed by atoms with van der Waals surface area (Å²) in [6.07, 6.45) is 1.84. The van der Waals surface area contributed by atoms with Crippen LogP contribution < -0.4 is 16.1 Å². The summed E-state index contributed by atoms with van der Waals surface area (Å²) in [5.41, 5.74) is 0.266. The first-order valence-electron chi connectivity index (χ1n) is 9.08. The van der Waals surface area contributed by atoms with Gasteiger partial charge in [0.05, 0.1) is 12.1 Å². The van der Waals surface area contributed by atoms with E-state index in [-0.39, 0.29) is 28.9 Å². The molecule has 0 radical (unpaired) electrons. The van der Waals surface area contributed by atoms with E-state index in [1.54, 1.807) is 23.9 Å². The van der Waals surface area contributed by atoms with E-state index in [1.807, 2.05) is 19.1 Å². The summed E-state index contributed by atoms with van der Waals surface area (Å²) in [4.78, 5) is 25.4. The number of aryl methyl sites for hydroxylation is 1. The van der Waals surface area contributed by atoms with Crippen LogP contribution in [0.5, 0.6) is 0 Å². The zero-order valence-electron chi connectivity index (χ0n) is 15.8. The highest BCUT2D eigenvalue weighted by atomic mass is 35.5. The smallest absolute Gasteiger partial charge is 0.275 e. The molecular formula is C19H27ClN4O3. The predicted octanol–water partition coefficient (Wildman–Crippen LogP) is 1.58. The molecule has 3 rings (SSSR count). The number of amides is 1. The lowest BCUT2D eigenvalue weighted by atomic mass is 9.79. The van der Waals surface area contributed by atoms with Crippen LogP contribution in [0, 0.1) is 5.41 Å². The Morgan fingerprint density at radius 1 is 1.33 bits per heavy atom. The van der Waals surface area contributed by atoms with Gasteiger partial charge in [0, 0.05) is 31.0 Å². The minimum atomic E-state index is -0.419. The summed E-state index contributed by atoms with van der Waals surface area (Å²) >= 11 is 0. The van der Waals surface area contributed by atoms with Crippen LogP contribution in [-0.2, 0) is 11.3 Å². The Kier molecular flexibility index (Phi) is 7.35. The highest BCUT2D eigenvalue weighted by molar-refractivity contribution is 5.95. The summed E-state index contributed by atoms with van der Waals surface area (Å²) in [7, 11) is 1.68. The van der Waals surface area contributed by atoms with E-state index >= 15 is 0 Å². The predicted molar refractivity (Wildman–Crippen MR) is 108 cm³/mol. The number of carbonyl (C=O) groups excluding carboxylic acids is 1. The van der Waals surface area contributed by atoms with Crippen LogP contribution in [0.3, 0.4) is 0 Å². The van der Waals surface area contributed by atoms with Gasteiger partial charge < -0.3 is 15.4 Å². The maximum atomic E-state index is 12.7.